The van der Waals surface area contributed by atoms with Crippen LogP contribution in [0.1, 0.15) is 19.4 Å². The fraction of sp³-hybridized carbons (Fsp3) is 0.333. The van der Waals surface area contributed by atoms with E-state index in [1.807, 2.05) is 13.8 Å². The standard InChI is InChI=1S/C7H5F4N.C2H6/c8-5-2-1-4(3-6(5)12)7(9,10)11;1-2/h1-3H,12H2;1-2H3. The predicted molar refractivity (Wildman–Crippen MR) is 47.2 cm³/mol. The first kappa shape index (κ1) is 12.7. The summed E-state index contributed by atoms with van der Waals surface area (Å²) in [5, 5.41) is 0. The third-order valence-corrected chi connectivity index (χ3v) is 1.32. The topological polar surface area (TPSA) is 26.0 Å². The maximum absolute atomic E-state index is 12.4. The number of hydrogen-bond donors (Lipinski definition) is 1. The molecule has 0 saturated carbocycles. The number of anilines is 1. The molecule has 80 valence electrons. The van der Waals surface area contributed by atoms with Crippen molar-refractivity contribution in [3.05, 3.63) is 29.6 Å². The molecule has 0 heterocycles. The Kier molecular flexibility index (Phi) is 4.40. The van der Waals surface area contributed by atoms with Gasteiger partial charge in [-0.3, -0.25) is 0 Å². The summed E-state index contributed by atoms with van der Waals surface area (Å²) in [6, 6.07) is 1.90. The largest absolute Gasteiger partial charge is 0.416 e. The molecule has 0 atom stereocenters. The van der Waals surface area contributed by atoms with Crippen LogP contribution in [0, 0.1) is 5.82 Å². The molecule has 0 aliphatic rings. The molecule has 0 unspecified atom stereocenters. The first-order valence-corrected chi connectivity index (χ1v) is 4.03. The fourth-order valence-electron chi connectivity index (χ4n) is 0.720. The van der Waals surface area contributed by atoms with Crippen LogP contribution in [0.4, 0.5) is 23.2 Å². The van der Waals surface area contributed by atoms with E-state index in [0.717, 1.165) is 0 Å². The van der Waals surface area contributed by atoms with E-state index in [1.54, 1.807) is 0 Å². The van der Waals surface area contributed by atoms with Gasteiger partial charge in [-0.15, -0.1) is 0 Å². The summed E-state index contributed by atoms with van der Waals surface area (Å²) in [4.78, 5) is 0. The highest BCUT2D eigenvalue weighted by Crippen LogP contribution is 2.30. The molecule has 0 spiro atoms. The highest BCUT2D eigenvalue weighted by Gasteiger charge is 2.30. The molecule has 0 aromatic heterocycles. The summed E-state index contributed by atoms with van der Waals surface area (Å²) in [5.74, 6) is -0.844. The normalized spacial score (nSPS) is 10.4. The maximum atomic E-state index is 12.4. The molecule has 0 aliphatic heterocycles. The summed E-state index contributed by atoms with van der Waals surface area (Å²) < 4.78 is 48.2. The maximum Gasteiger partial charge on any atom is 0.416 e. The zero-order valence-corrected chi connectivity index (χ0v) is 7.82. The zero-order chi connectivity index (χ0) is 11.4. The van der Waals surface area contributed by atoms with Crippen LogP contribution in [0.25, 0.3) is 0 Å². The van der Waals surface area contributed by atoms with Crippen molar-refractivity contribution in [1.82, 2.24) is 0 Å². The van der Waals surface area contributed by atoms with E-state index in [4.69, 9.17) is 5.73 Å². The number of rotatable bonds is 0. The van der Waals surface area contributed by atoms with Crippen LogP contribution in [0.5, 0.6) is 0 Å². The van der Waals surface area contributed by atoms with Crippen molar-refractivity contribution in [2.75, 3.05) is 5.73 Å². The van der Waals surface area contributed by atoms with Crippen molar-refractivity contribution < 1.29 is 17.6 Å². The van der Waals surface area contributed by atoms with Gasteiger partial charge in [0.25, 0.3) is 0 Å². The van der Waals surface area contributed by atoms with Crippen molar-refractivity contribution in [3.63, 3.8) is 0 Å². The molecule has 1 aromatic carbocycles. The van der Waals surface area contributed by atoms with E-state index in [0.29, 0.717) is 18.2 Å². The number of nitrogens with two attached hydrogens (primary N) is 1. The second kappa shape index (κ2) is 4.83. The number of hydrogen-bond acceptors (Lipinski definition) is 1. The molecule has 2 N–H and O–H groups in total. The minimum atomic E-state index is -4.47. The van der Waals surface area contributed by atoms with Gasteiger partial charge in [-0.25, -0.2) is 4.39 Å². The minimum Gasteiger partial charge on any atom is -0.396 e. The van der Waals surface area contributed by atoms with Crippen LogP contribution >= 0.6 is 0 Å². The molecule has 0 bridgehead atoms. The summed E-state index contributed by atoms with van der Waals surface area (Å²) in [7, 11) is 0. The van der Waals surface area contributed by atoms with Gasteiger partial charge in [0, 0.05) is 0 Å². The quantitative estimate of drug-likeness (QED) is 0.514. The summed E-state index contributed by atoms with van der Waals surface area (Å²) in [5.41, 5.74) is 3.50. The van der Waals surface area contributed by atoms with Crippen LogP contribution in [0.15, 0.2) is 18.2 Å². The number of nitrogen functional groups attached to an aromatic ring is 1. The van der Waals surface area contributed by atoms with Gasteiger partial charge in [0.2, 0.25) is 0 Å². The Balaban J connectivity index is 0.000000791. The Morgan fingerprint density at radius 2 is 1.64 bits per heavy atom. The molecule has 0 amide bonds. The number of benzene rings is 1. The lowest BCUT2D eigenvalue weighted by Gasteiger charge is -2.06. The molecule has 0 radical (unpaired) electrons. The van der Waals surface area contributed by atoms with Gasteiger partial charge in [0.1, 0.15) is 5.82 Å². The van der Waals surface area contributed by atoms with Crippen LogP contribution < -0.4 is 5.73 Å². The lowest BCUT2D eigenvalue weighted by atomic mass is 10.2. The third kappa shape index (κ3) is 3.24. The van der Waals surface area contributed by atoms with E-state index >= 15 is 0 Å². The van der Waals surface area contributed by atoms with Crippen molar-refractivity contribution in [2.24, 2.45) is 0 Å². The van der Waals surface area contributed by atoms with Crippen molar-refractivity contribution >= 4 is 5.69 Å². The van der Waals surface area contributed by atoms with Crippen molar-refractivity contribution in [2.45, 2.75) is 20.0 Å². The first-order valence-electron chi connectivity index (χ1n) is 4.03. The minimum absolute atomic E-state index is 0.496. The molecule has 14 heavy (non-hydrogen) atoms. The van der Waals surface area contributed by atoms with Gasteiger partial charge in [0.15, 0.2) is 0 Å². The van der Waals surface area contributed by atoms with Gasteiger partial charge in [-0.1, -0.05) is 13.8 Å². The Morgan fingerprint density at radius 1 is 1.14 bits per heavy atom. The van der Waals surface area contributed by atoms with Crippen LogP contribution in [0.3, 0.4) is 0 Å². The Bertz CT molecular complexity index is 293. The predicted octanol–water partition coefficient (Wildman–Crippen LogP) is 3.45. The Hall–Kier alpha value is -1.26. The van der Waals surface area contributed by atoms with Crippen LogP contribution in [-0.4, -0.2) is 0 Å². The summed E-state index contributed by atoms with van der Waals surface area (Å²) in [6.07, 6.45) is -4.47. The zero-order valence-electron chi connectivity index (χ0n) is 7.82. The van der Waals surface area contributed by atoms with E-state index in [2.05, 4.69) is 0 Å². The van der Waals surface area contributed by atoms with Gasteiger partial charge in [-0.05, 0) is 18.2 Å². The lowest BCUT2D eigenvalue weighted by Crippen LogP contribution is -2.06. The SMILES string of the molecule is CC.Nc1cc(C(F)(F)F)ccc1F. The molecule has 1 rings (SSSR count). The van der Waals surface area contributed by atoms with E-state index in [1.165, 1.54) is 0 Å². The average Bonchev–Trinajstić information content (AvgIpc) is 2.11. The number of halogens is 4. The molecule has 1 aromatic rings. The Labute approximate surface area is 79.5 Å². The molecule has 0 saturated heterocycles. The highest BCUT2D eigenvalue weighted by molar-refractivity contribution is 5.43. The average molecular weight is 209 g/mol. The monoisotopic (exact) mass is 209 g/mol. The molecule has 0 fully saturated rings. The third-order valence-electron chi connectivity index (χ3n) is 1.32. The first-order chi connectivity index (χ1) is 6.41. The van der Waals surface area contributed by atoms with Crippen LogP contribution in [0.2, 0.25) is 0 Å². The van der Waals surface area contributed by atoms with Gasteiger partial charge >= 0.3 is 6.18 Å². The lowest BCUT2D eigenvalue weighted by molar-refractivity contribution is -0.137. The molecular formula is C9H11F4N. The molecule has 0 aliphatic carbocycles. The molecule has 1 nitrogen and oxygen atoms in total. The molecule has 5 heteroatoms. The second-order valence-electron chi connectivity index (χ2n) is 2.23. The van der Waals surface area contributed by atoms with Gasteiger partial charge < -0.3 is 5.73 Å². The molecular weight excluding hydrogens is 198 g/mol. The van der Waals surface area contributed by atoms with Gasteiger partial charge in [0.05, 0.1) is 11.3 Å². The summed E-state index contributed by atoms with van der Waals surface area (Å²) in [6.45, 7) is 4.00. The second-order valence-corrected chi connectivity index (χ2v) is 2.23. The van der Waals surface area contributed by atoms with Gasteiger partial charge in [-0.2, -0.15) is 13.2 Å². The smallest absolute Gasteiger partial charge is 0.396 e. The van der Waals surface area contributed by atoms with E-state index < -0.39 is 23.2 Å². The summed E-state index contributed by atoms with van der Waals surface area (Å²) >= 11 is 0. The fourth-order valence-corrected chi connectivity index (χ4v) is 0.720. The van der Waals surface area contributed by atoms with E-state index in [9.17, 15) is 17.6 Å². The van der Waals surface area contributed by atoms with E-state index in [-0.39, 0.29) is 0 Å². The highest BCUT2D eigenvalue weighted by atomic mass is 19.4. The van der Waals surface area contributed by atoms with Crippen molar-refractivity contribution in [1.29, 1.82) is 0 Å². The van der Waals surface area contributed by atoms with Crippen molar-refractivity contribution in [3.8, 4) is 0 Å². The Morgan fingerprint density at radius 3 is 2.00 bits per heavy atom. The van der Waals surface area contributed by atoms with Crippen LogP contribution in [-0.2, 0) is 6.18 Å². The number of alkyl halides is 3.